The average molecular weight is 197 g/mol. The van der Waals surface area contributed by atoms with Crippen molar-refractivity contribution in [1.29, 1.82) is 0 Å². The van der Waals surface area contributed by atoms with Crippen molar-refractivity contribution in [2.45, 2.75) is 25.5 Å². The highest BCUT2D eigenvalue weighted by Gasteiger charge is 2.15. The second-order valence-corrected chi connectivity index (χ2v) is 3.25. The van der Waals surface area contributed by atoms with Crippen LogP contribution in [-0.2, 0) is 0 Å². The number of hydrogen-bond acceptors (Lipinski definition) is 4. The first kappa shape index (κ1) is 10.8. The van der Waals surface area contributed by atoms with Crippen LogP contribution >= 0.6 is 0 Å². The Morgan fingerprint density at radius 2 is 1.93 bits per heavy atom. The summed E-state index contributed by atoms with van der Waals surface area (Å²) in [5.41, 5.74) is 6.33. The first-order valence-electron chi connectivity index (χ1n) is 4.51. The number of aromatic hydroxyl groups is 2. The fourth-order valence-corrected chi connectivity index (χ4v) is 1.22. The predicted molar refractivity (Wildman–Crippen MR) is 53.0 cm³/mol. The van der Waals surface area contributed by atoms with Gasteiger partial charge < -0.3 is 21.1 Å². The van der Waals surface area contributed by atoms with E-state index in [1.807, 2.05) is 6.92 Å². The molecular formula is C10H15NO3. The van der Waals surface area contributed by atoms with Crippen LogP contribution in [0.5, 0.6) is 11.5 Å². The van der Waals surface area contributed by atoms with Crippen molar-refractivity contribution in [3.8, 4) is 11.5 Å². The van der Waals surface area contributed by atoms with Crippen molar-refractivity contribution >= 4 is 0 Å². The summed E-state index contributed by atoms with van der Waals surface area (Å²) in [6.45, 7) is 1.82. The van der Waals surface area contributed by atoms with Crippen LogP contribution in [0.15, 0.2) is 18.2 Å². The first-order valence-corrected chi connectivity index (χ1v) is 4.51. The van der Waals surface area contributed by atoms with Gasteiger partial charge in [0.2, 0.25) is 0 Å². The second-order valence-electron chi connectivity index (χ2n) is 3.25. The molecule has 0 fully saturated rings. The molecule has 78 valence electrons. The predicted octanol–water partition coefficient (Wildman–Crippen LogP) is 0.868. The lowest BCUT2D eigenvalue weighted by Gasteiger charge is -2.17. The fourth-order valence-electron chi connectivity index (χ4n) is 1.22. The summed E-state index contributed by atoms with van der Waals surface area (Å²) in [5, 5.41) is 27.8. The summed E-state index contributed by atoms with van der Waals surface area (Å²) >= 11 is 0. The van der Waals surface area contributed by atoms with E-state index in [4.69, 9.17) is 10.8 Å². The highest BCUT2D eigenvalue weighted by atomic mass is 16.3. The Hall–Kier alpha value is -1.26. The van der Waals surface area contributed by atoms with Gasteiger partial charge in [0.25, 0.3) is 0 Å². The third-order valence-electron chi connectivity index (χ3n) is 2.22. The van der Waals surface area contributed by atoms with E-state index >= 15 is 0 Å². The first-order chi connectivity index (χ1) is 6.56. The zero-order valence-electron chi connectivity index (χ0n) is 8.01. The Kier molecular flexibility index (Phi) is 3.33. The molecule has 0 heterocycles. The number of rotatable bonds is 3. The summed E-state index contributed by atoms with van der Waals surface area (Å²) < 4.78 is 0. The molecule has 1 rings (SSSR count). The van der Waals surface area contributed by atoms with Gasteiger partial charge in [0.15, 0.2) is 11.5 Å². The number of benzene rings is 1. The van der Waals surface area contributed by atoms with Crippen molar-refractivity contribution in [3.05, 3.63) is 23.8 Å². The molecule has 0 spiro atoms. The van der Waals surface area contributed by atoms with Crippen LogP contribution in [-0.4, -0.2) is 21.4 Å². The quantitative estimate of drug-likeness (QED) is 0.541. The van der Waals surface area contributed by atoms with Crippen molar-refractivity contribution in [3.63, 3.8) is 0 Å². The standard InChI is InChI=1S/C10H15NO3/c1-2-7(12)10(11)6-3-4-8(13)9(14)5-6/h3-5,7,10,12-14H,2,11H2,1H3/t7-,10+/m1/s1. The van der Waals surface area contributed by atoms with Gasteiger partial charge >= 0.3 is 0 Å². The van der Waals surface area contributed by atoms with E-state index in [0.29, 0.717) is 12.0 Å². The number of hydrogen-bond donors (Lipinski definition) is 4. The Labute approximate surface area is 82.6 Å². The van der Waals surface area contributed by atoms with Gasteiger partial charge in [0.1, 0.15) is 0 Å². The van der Waals surface area contributed by atoms with Gasteiger partial charge in [-0.05, 0) is 24.1 Å². The molecular weight excluding hydrogens is 182 g/mol. The zero-order valence-corrected chi connectivity index (χ0v) is 8.01. The smallest absolute Gasteiger partial charge is 0.157 e. The summed E-state index contributed by atoms with van der Waals surface area (Å²) in [6, 6.07) is 3.76. The Morgan fingerprint density at radius 1 is 1.29 bits per heavy atom. The van der Waals surface area contributed by atoms with Crippen LogP contribution in [0, 0.1) is 0 Å². The maximum Gasteiger partial charge on any atom is 0.157 e. The second kappa shape index (κ2) is 4.30. The highest BCUT2D eigenvalue weighted by Crippen LogP contribution is 2.28. The molecule has 0 amide bonds. The molecule has 1 aromatic carbocycles. The molecule has 0 aromatic heterocycles. The van der Waals surface area contributed by atoms with Gasteiger partial charge in [0, 0.05) is 0 Å². The zero-order chi connectivity index (χ0) is 10.7. The Bertz CT molecular complexity index is 314. The van der Waals surface area contributed by atoms with Gasteiger partial charge in [0.05, 0.1) is 12.1 Å². The average Bonchev–Trinajstić information content (AvgIpc) is 2.20. The van der Waals surface area contributed by atoms with E-state index in [2.05, 4.69) is 0 Å². The van der Waals surface area contributed by atoms with E-state index < -0.39 is 12.1 Å². The van der Waals surface area contributed by atoms with Crippen LogP contribution in [0.1, 0.15) is 24.9 Å². The van der Waals surface area contributed by atoms with Crippen molar-refractivity contribution in [1.82, 2.24) is 0 Å². The molecule has 0 radical (unpaired) electrons. The normalized spacial score (nSPS) is 15.1. The van der Waals surface area contributed by atoms with Gasteiger partial charge in [-0.25, -0.2) is 0 Å². The highest BCUT2D eigenvalue weighted by molar-refractivity contribution is 5.41. The van der Waals surface area contributed by atoms with Crippen molar-refractivity contribution in [2.75, 3.05) is 0 Å². The molecule has 0 saturated carbocycles. The lowest BCUT2D eigenvalue weighted by atomic mass is 10.0. The molecule has 0 aliphatic heterocycles. The Morgan fingerprint density at radius 3 is 2.43 bits per heavy atom. The number of phenolic OH excluding ortho intramolecular Hbond substituents is 2. The van der Waals surface area contributed by atoms with Crippen molar-refractivity contribution < 1.29 is 15.3 Å². The van der Waals surface area contributed by atoms with E-state index in [0.717, 1.165) is 0 Å². The third-order valence-corrected chi connectivity index (χ3v) is 2.22. The molecule has 4 heteroatoms. The minimum Gasteiger partial charge on any atom is -0.504 e. The molecule has 5 N–H and O–H groups in total. The minimum absolute atomic E-state index is 0.188. The monoisotopic (exact) mass is 197 g/mol. The molecule has 2 atom stereocenters. The van der Waals surface area contributed by atoms with Crippen LogP contribution < -0.4 is 5.73 Å². The van der Waals surface area contributed by atoms with Crippen LogP contribution in [0.25, 0.3) is 0 Å². The van der Waals surface area contributed by atoms with E-state index in [1.165, 1.54) is 12.1 Å². The van der Waals surface area contributed by atoms with Gasteiger partial charge in [-0.3, -0.25) is 0 Å². The third kappa shape index (κ3) is 2.16. The number of nitrogens with two attached hydrogens (primary N) is 1. The number of aliphatic hydroxyl groups is 1. The van der Waals surface area contributed by atoms with Crippen LogP contribution in [0.3, 0.4) is 0 Å². The van der Waals surface area contributed by atoms with E-state index in [-0.39, 0.29) is 11.5 Å². The largest absolute Gasteiger partial charge is 0.504 e. The molecule has 14 heavy (non-hydrogen) atoms. The topological polar surface area (TPSA) is 86.7 Å². The summed E-state index contributed by atoms with van der Waals surface area (Å²) in [4.78, 5) is 0. The molecule has 1 aromatic rings. The van der Waals surface area contributed by atoms with E-state index in [1.54, 1.807) is 6.07 Å². The van der Waals surface area contributed by atoms with Gasteiger partial charge in [-0.15, -0.1) is 0 Å². The van der Waals surface area contributed by atoms with Crippen molar-refractivity contribution in [2.24, 2.45) is 5.73 Å². The molecule has 0 aliphatic carbocycles. The number of phenols is 2. The molecule has 0 bridgehead atoms. The van der Waals surface area contributed by atoms with Gasteiger partial charge in [-0.1, -0.05) is 13.0 Å². The van der Waals surface area contributed by atoms with Crippen LogP contribution in [0.2, 0.25) is 0 Å². The lowest BCUT2D eigenvalue weighted by Crippen LogP contribution is -2.25. The molecule has 4 nitrogen and oxygen atoms in total. The summed E-state index contributed by atoms with van der Waals surface area (Å²) in [6.07, 6.45) is -0.0954. The Balaban J connectivity index is 2.91. The molecule has 0 saturated heterocycles. The fraction of sp³-hybridized carbons (Fsp3) is 0.400. The summed E-state index contributed by atoms with van der Waals surface area (Å²) in [5.74, 6) is -0.409. The SMILES string of the molecule is CC[C@@H](O)[C@@H](N)c1ccc(O)c(O)c1. The lowest BCUT2D eigenvalue weighted by molar-refractivity contribution is 0.140. The minimum atomic E-state index is -0.640. The molecule has 0 aliphatic rings. The number of aliphatic hydroxyl groups excluding tert-OH is 1. The molecule has 0 unspecified atom stereocenters. The van der Waals surface area contributed by atoms with E-state index in [9.17, 15) is 10.2 Å². The van der Waals surface area contributed by atoms with Crippen LogP contribution in [0.4, 0.5) is 0 Å². The van der Waals surface area contributed by atoms with Gasteiger partial charge in [-0.2, -0.15) is 0 Å². The maximum atomic E-state index is 9.47. The summed E-state index contributed by atoms with van der Waals surface area (Å²) in [7, 11) is 0. The maximum absolute atomic E-state index is 9.47.